The number of anilines is 1. The van der Waals surface area contributed by atoms with Crippen LogP contribution in [0.4, 0.5) is 18.9 Å². The molecule has 3 rings (SSSR count). The minimum absolute atomic E-state index is 0.0335. The highest BCUT2D eigenvalue weighted by molar-refractivity contribution is 6.17. The number of amides is 2. The lowest BCUT2D eigenvalue weighted by atomic mass is 10.1. The Kier molecular flexibility index (Phi) is 5.41. The summed E-state index contributed by atoms with van der Waals surface area (Å²) in [4.78, 5) is 24.8. The molecule has 0 bridgehead atoms. The summed E-state index contributed by atoms with van der Waals surface area (Å²) in [5, 5.41) is 11.5. The van der Waals surface area contributed by atoms with Crippen molar-refractivity contribution in [2.75, 3.05) is 18.5 Å². The van der Waals surface area contributed by atoms with Crippen LogP contribution in [0.15, 0.2) is 52.8 Å². The van der Waals surface area contributed by atoms with Crippen LogP contribution in [0.1, 0.15) is 11.3 Å². The molecular formula is C18H15F3N2O5. The summed E-state index contributed by atoms with van der Waals surface area (Å²) < 4.78 is 49.8. The molecule has 0 saturated carbocycles. The van der Waals surface area contributed by atoms with Gasteiger partial charge in [0.2, 0.25) is 0 Å². The van der Waals surface area contributed by atoms with Crippen molar-refractivity contribution in [2.24, 2.45) is 0 Å². The number of β-amino-alcohol motifs (C(OH)–C–C–N with tert-alkyl or cyclic N) is 1. The van der Waals surface area contributed by atoms with Crippen LogP contribution in [0.5, 0.6) is 5.75 Å². The van der Waals surface area contributed by atoms with Crippen molar-refractivity contribution in [3.05, 3.63) is 59.7 Å². The van der Waals surface area contributed by atoms with E-state index in [1.807, 2.05) is 0 Å². The van der Waals surface area contributed by atoms with Crippen molar-refractivity contribution >= 4 is 17.5 Å². The van der Waals surface area contributed by atoms with Crippen LogP contribution in [-0.4, -0.2) is 35.0 Å². The van der Waals surface area contributed by atoms with Crippen molar-refractivity contribution in [3.8, 4) is 5.75 Å². The first kappa shape index (κ1) is 19.5. The summed E-state index contributed by atoms with van der Waals surface area (Å²) in [5.41, 5.74) is -1.31. The molecule has 0 fully saturated rings. The number of carbonyl (C=O) groups is 2. The summed E-state index contributed by atoms with van der Waals surface area (Å²) in [6, 6.07) is 6.00. The van der Waals surface area contributed by atoms with Gasteiger partial charge < -0.3 is 19.6 Å². The van der Waals surface area contributed by atoms with Gasteiger partial charge >= 0.3 is 6.18 Å². The van der Waals surface area contributed by atoms with E-state index >= 15 is 0 Å². The molecule has 10 heteroatoms. The second-order valence-corrected chi connectivity index (χ2v) is 5.78. The number of rotatable bonds is 7. The van der Waals surface area contributed by atoms with E-state index in [0.717, 1.165) is 29.2 Å². The number of nitrogens with one attached hydrogen (secondary N) is 1. The largest absolute Gasteiger partial charge is 0.483 e. The van der Waals surface area contributed by atoms with Gasteiger partial charge in [-0.05, 0) is 30.3 Å². The molecule has 2 amide bonds. The number of hydrogen-bond acceptors (Lipinski definition) is 6. The van der Waals surface area contributed by atoms with Gasteiger partial charge in [0, 0.05) is 6.08 Å². The maximum Gasteiger partial charge on any atom is 0.416 e. The molecule has 1 aliphatic heterocycles. The zero-order chi connectivity index (χ0) is 20.3. The van der Waals surface area contributed by atoms with Gasteiger partial charge in [0.25, 0.3) is 11.8 Å². The number of alkyl halides is 3. The Morgan fingerprint density at radius 2 is 2.00 bits per heavy atom. The molecule has 0 atom stereocenters. The number of benzene rings is 1. The molecule has 1 aliphatic rings. The van der Waals surface area contributed by atoms with Crippen LogP contribution in [0, 0.1) is 0 Å². The summed E-state index contributed by atoms with van der Waals surface area (Å²) in [7, 11) is 0. The van der Waals surface area contributed by atoms with Gasteiger partial charge in [-0.2, -0.15) is 13.2 Å². The van der Waals surface area contributed by atoms with Gasteiger partial charge in [0.15, 0.2) is 0 Å². The van der Waals surface area contributed by atoms with Crippen molar-refractivity contribution < 1.29 is 37.0 Å². The number of aliphatic hydroxyl groups is 1. The third kappa shape index (κ3) is 4.17. The number of halogens is 3. The van der Waals surface area contributed by atoms with Gasteiger partial charge in [0.1, 0.15) is 23.8 Å². The Bertz CT molecular complexity index is 906. The second-order valence-electron chi connectivity index (χ2n) is 5.78. The molecule has 2 N–H and O–H groups in total. The number of imide groups is 1. The van der Waals surface area contributed by atoms with E-state index in [-0.39, 0.29) is 30.3 Å². The molecule has 148 valence electrons. The predicted molar refractivity (Wildman–Crippen MR) is 90.0 cm³/mol. The van der Waals surface area contributed by atoms with E-state index in [1.54, 1.807) is 12.1 Å². The van der Waals surface area contributed by atoms with E-state index in [1.165, 1.54) is 6.26 Å². The number of aliphatic hydroxyl groups excluding tert-OH is 1. The van der Waals surface area contributed by atoms with Gasteiger partial charge in [0.05, 0.1) is 30.7 Å². The van der Waals surface area contributed by atoms with Gasteiger partial charge in [-0.15, -0.1) is 0 Å². The Labute approximate surface area is 157 Å². The Balaban J connectivity index is 1.87. The maximum absolute atomic E-state index is 13.1. The Morgan fingerprint density at radius 1 is 1.21 bits per heavy atom. The van der Waals surface area contributed by atoms with Crippen LogP contribution in [0.3, 0.4) is 0 Å². The fraction of sp³-hybridized carbons (Fsp3) is 0.222. The van der Waals surface area contributed by atoms with Crippen molar-refractivity contribution in [3.63, 3.8) is 0 Å². The molecule has 1 aromatic heterocycles. The molecule has 2 aromatic rings. The Hall–Kier alpha value is -3.27. The highest BCUT2D eigenvalue weighted by Gasteiger charge is 2.33. The number of carbonyl (C=O) groups excluding carboxylic acids is 2. The van der Waals surface area contributed by atoms with E-state index in [4.69, 9.17) is 14.3 Å². The van der Waals surface area contributed by atoms with Gasteiger partial charge in [-0.3, -0.25) is 14.5 Å². The minimum Gasteiger partial charge on any atom is -0.483 e. The zero-order valence-electron chi connectivity index (χ0n) is 14.3. The zero-order valence-corrected chi connectivity index (χ0v) is 14.3. The van der Waals surface area contributed by atoms with Crippen LogP contribution in [-0.2, 0) is 22.4 Å². The van der Waals surface area contributed by atoms with Crippen LogP contribution in [0.2, 0.25) is 0 Å². The normalized spacial score (nSPS) is 14.4. The lowest BCUT2D eigenvalue weighted by Crippen LogP contribution is -2.34. The smallest absolute Gasteiger partial charge is 0.416 e. The molecular weight excluding hydrogens is 381 g/mol. The molecule has 2 heterocycles. The molecule has 1 aromatic carbocycles. The average molecular weight is 396 g/mol. The van der Waals surface area contributed by atoms with Crippen LogP contribution >= 0.6 is 0 Å². The van der Waals surface area contributed by atoms with E-state index in [2.05, 4.69) is 5.32 Å². The van der Waals surface area contributed by atoms with Crippen molar-refractivity contribution in [2.45, 2.75) is 12.8 Å². The van der Waals surface area contributed by atoms with Crippen LogP contribution in [0.25, 0.3) is 0 Å². The maximum atomic E-state index is 13.1. The quantitative estimate of drug-likeness (QED) is 0.699. The molecule has 7 nitrogen and oxygen atoms in total. The number of hydrogen-bond donors (Lipinski definition) is 2. The second kappa shape index (κ2) is 7.77. The highest BCUT2D eigenvalue weighted by atomic mass is 19.4. The first-order chi connectivity index (χ1) is 13.3. The first-order valence-electron chi connectivity index (χ1n) is 8.11. The summed E-state index contributed by atoms with van der Waals surface area (Å²) in [6.07, 6.45) is -2.23. The molecule has 0 saturated heterocycles. The standard InChI is InChI=1S/C18H15F3N2O5/c19-18(20,21)11-3-4-15(28-10-12-2-1-7-27-12)13(8-11)22-14-9-16(25)23(5-6-24)17(14)26/h1-4,7-9,22,24H,5-6,10H2. The molecule has 0 spiro atoms. The topological polar surface area (TPSA) is 92.0 Å². The Morgan fingerprint density at radius 3 is 2.64 bits per heavy atom. The van der Waals surface area contributed by atoms with Crippen molar-refractivity contribution in [1.29, 1.82) is 0 Å². The van der Waals surface area contributed by atoms with Gasteiger partial charge in [-0.25, -0.2) is 0 Å². The predicted octanol–water partition coefficient (Wildman–Crippen LogP) is 2.53. The van der Waals surface area contributed by atoms with Gasteiger partial charge in [-0.1, -0.05) is 0 Å². The molecule has 0 unspecified atom stereocenters. The third-order valence-corrected chi connectivity index (χ3v) is 3.86. The number of ether oxygens (including phenoxy) is 1. The monoisotopic (exact) mass is 396 g/mol. The van der Waals surface area contributed by atoms with E-state index in [0.29, 0.717) is 5.76 Å². The minimum atomic E-state index is -4.61. The summed E-state index contributed by atoms with van der Waals surface area (Å²) in [6.45, 7) is -0.695. The third-order valence-electron chi connectivity index (χ3n) is 3.86. The lowest BCUT2D eigenvalue weighted by Gasteiger charge is -2.17. The first-order valence-corrected chi connectivity index (χ1v) is 8.11. The van der Waals surface area contributed by atoms with E-state index < -0.39 is 30.2 Å². The fourth-order valence-corrected chi connectivity index (χ4v) is 2.53. The number of nitrogens with zero attached hydrogens (tertiary/aromatic N) is 1. The van der Waals surface area contributed by atoms with E-state index in [9.17, 15) is 22.8 Å². The lowest BCUT2D eigenvalue weighted by molar-refractivity contribution is -0.138. The van der Waals surface area contributed by atoms with Crippen LogP contribution < -0.4 is 10.1 Å². The molecule has 0 radical (unpaired) electrons. The average Bonchev–Trinajstić information content (AvgIpc) is 3.24. The summed E-state index contributed by atoms with van der Waals surface area (Å²) in [5.74, 6) is -0.947. The molecule has 0 aliphatic carbocycles. The number of furan rings is 1. The molecule has 28 heavy (non-hydrogen) atoms. The summed E-state index contributed by atoms with van der Waals surface area (Å²) >= 11 is 0. The SMILES string of the molecule is O=C1C=C(Nc2cc(C(F)(F)F)ccc2OCc2ccco2)C(=O)N1CCO. The fourth-order valence-electron chi connectivity index (χ4n) is 2.53. The van der Waals surface area contributed by atoms with Crippen molar-refractivity contribution in [1.82, 2.24) is 4.90 Å². The highest BCUT2D eigenvalue weighted by Crippen LogP contribution is 2.36.